The lowest BCUT2D eigenvalue weighted by Crippen LogP contribution is -2.30. The predicted molar refractivity (Wildman–Crippen MR) is 104 cm³/mol. The van der Waals surface area contributed by atoms with Gasteiger partial charge in [0.25, 0.3) is 0 Å². The number of hydrogen-bond acceptors (Lipinski definition) is 4. The number of halogens is 1. The number of anilines is 1. The van der Waals surface area contributed by atoms with Crippen LogP contribution in [0.15, 0.2) is 53.4 Å². The minimum Gasteiger partial charge on any atom is -0.325 e. The molecular formula is C18H22ClN3O3S. The Hall–Kier alpha value is -1.93. The Bertz CT molecular complexity index is 868. The molecule has 2 aromatic rings. The molecule has 0 saturated carbocycles. The second-order valence-electron chi connectivity index (χ2n) is 6.02. The molecule has 0 saturated heterocycles. The molecule has 0 fully saturated rings. The maximum Gasteiger partial charge on any atom is 0.242 e. The normalized spacial score (nSPS) is 12.8. The molecule has 1 atom stereocenters. The van der Waals surface area contributed by atoms with Crippen LogP contribution in [0.4, 0.5) is 5.69 Å². The van der Waals surface area contributed by atoms with Gasteiger partial charge in [0.15, 0.2) is 0 Å². The third kappa shape index (κ3) is 5.28. The van der Waals surface area contributed by atoms with Crippen molar-refractivity contribution in [1.82, 2.24) is 9.62 Å². The van der Waals surface area contributed by atoms with E-state index in [1.807, 2.05) is 25.1 Å². The van der Waals surface area contributed by atoms with Crippen LogP contribution in [0.5, 0.6) is 0 Å². The lowest BCUT2D eigenvalue weighted by atomic mass is 10.1. The maximum absolute atomic E-state index is 12.1. The fourth-order valence-corrected chi connectivity index (χ4v) is 3.37. The number of nitrogens with zero attached hydrogens (tertiary/aromatic N) is 1. The van der Waals surface area contributed by atoms with E-state index in [0.717, 1.165) is 9.87 Å². The number of carbonyl (C=O) groups excluding carboxylic acids is 1. The molecule has 0 bridgehead atoms. The lowest BCUT2D eigenvalue weighted by molar-refractivity contribution is -0.115. The topological polar surface area (TPSA) is 78.5 Å². The smallest absolute Gasteiger partial charge is 0.242 e. The van der Waals surface area contributed by atoms with Gasteiger partial charge in [0, 0.05) is 30.8 Å². The molecule has 0 aromatic heterocycles. The second-order valence-corrected chi connectivity index (χ2v) is 8.61. The molecule has 1 amide bonds. The van der Waals surface area contributed by atoms with Crippen molar-refractivity contribution in [2.45, 2.75) is 17.9 Å². The first kappa shape index (κ1) is 20.4. The third-order valence-electron chi connectivity index (χ3n) is 3.83. The number of amides is 1. The van der Waals surface area contributed by atoms with Crippen molar-refractivity contribution in [3.63, 3.8) is 0 Å². The Kier molecular flexibility index (Phi) is 6.77. The largest absolute Gasteiger partial charge is 0.325 e. The standard InChI is InChI=1S/C18H22ClN3O3S/c1-13(14-5-4-6-15(19)11-14)20-12-18(23)21-16-7-9-17(10-8-16)26(24,25)22(2)3/h4-11,13,20H,12H2,1-3H3,(H,21,23)/t13-/m0/s1. The zero-order valence-corrected chi connectivity index (χ0v) is 16.4. The van der Waals surface area contributed by atoms with Crippen LogP contribution in [0.3, 0.4) is 0 Å². The van der Waals surface area contributed by atoms with Gasteiger partial charge >= 0.3 is 0 Å². The second kappa shape index (κ2) is 8.64. The highest BCUT2D eigenvalue weighted by Crippen LogP contribution is 2.18. The molecule has 0 aliphatic heterocycles. The van der Waals surface area contributed by atoms with Gasteiger partial charge in [-0.3, -0.25) is 4.79 Å². The van der Waals surface area contributed by atoms with Crippen molar-refractivity contribution in [2.75, 3.05) is 26.0 Å². The number of hydrogen-bond donors (Lipinski definition) is 2. The highest BCUT2D eigenvalue weighted by molar-refractivity contribution is 7.89. The predicted octanol–water partition coefficient (Wildman–Crippen LogP) is 2.88. The molecule has 140 valence electrons. The lowest BCUT2D eigenvalue weighted by Gasteiger charge is -2.15. The quantitative estimate of drug-likeness (QED) is 0.755. The van der Waals surface area contributed by atoms with Gasteiger partial charge in [-0.25, -0.2) is 12.7 Å². The Morgan fingerprint density at radius 2 is 1.81 bits per heavy atom. The first-order valence-electron chi connectivity index (χ1n) is 8.01. The summed E-state index contributed by atoms with van der Waals surface area (Å²) in [6.45, 7) is 2.06. The maximum atomic E-state index is 12.1. The van der Waals surface area contributed by atoms with E-state index in [9.17, 15) is 13.2 Å². The zero-order chi connectivity index (χ0) is 19.3. The van der Waals surface area contributed by atoms with Crippen LogP contribution in [-0.4, -0.2) is 39.3 Å². The van der Waals surface area contributed by atoms with E-state index < -0.39 is 10.0 Å². The summed E-state index contributed by atoms with van der Waals surface area (Å²) in [7, 11) is -0.540. The van der Waals surface area contributed by atoms with Crippen molar-refractivity contribution in [3.8, 4) is 0 Å². The average molecular weight is 396 g/mol. The van der Waals surface area contributed by atoms with Crippen LogP contribution in [0.2, 0.25) is 5.02 Å². The van der Waals surface area contributed by atoms with Gasteiger partial charge in [0.05, 0.1) is 11.4 Å². The minimum atomic E-state index is -3.48. The molecule has 0 spiro atoms. The monoisotopic (exact) mass is 395 g/mol. The number of benzene rings is 2. The van der Waals surface area contributed by atoms with E-state index in [4.69, 9.17) is 11.6 Å². The first-order chi connectivity index (χ1) is 12.2. The Morgan fingerprint density at radius 1 is 1.15 bits per heavy atom. The summed E-state index contributed by atoms with van der Waals surface area (Å²) < 4.78 is 25.2. The summed E-state index contributed by atoms with van der Waals surface area (Å²) in [5.74, 6) is -0.220. The third-order valence-corrected chi connectivity index (χ3v) is 5.90. The van der Waals surface area contributed by atoms with Crippen LogP contribution in [0.25, 0.3) is 0 Å². The number of sulfonamides is 1. The van der Waals surface area contributed by atoms with Crippen molar-refractivity contribution in [1.29, 1.82) is 0 Å². The number of nitrogens with one attached hydrogen (secondary N) is 2. The molecular weight excluding hydrogens is 374 g/mol. The van der Waals surface area contributed by atoms with E-state index in [2.05, 4.69) is 10.6 Å². The summed E-state index contributed by atoms with van der Waals surface area (Å²) in [6.07, 6.45) is 0. The summed E-state index contributed by atoms with van der Waals surface area (Å²) in [4.78, 5) is 12.3. The molecule has 8 heteroatoms. The molecule has 6 nitrogen and oxygen atoms in total. The van der Waals surface area contributed by atoms with Gasteiger partial charge in [0.1, 0.15) is 0 Å². The van der Waals surface area contributed by atoms with Crippen LogP contribution < -0.4 is 10.6 Å². The van der Waals surface area contributed by atoms with E-state index in [-0.39, 0.29) is 23.4 Å². The van der Waals surface area contributed by atoms with Crippen molar-refractivity contribution < 1.29 is 13.2 Å². The van der Waals surface area contributed by atoms with E-state index >= 15 is 0 Å². The van der Waals surface area contributed by atoms with Crippen LogP contribution >= 0.6 is 11.6 Å². The highest BCUT2D eigenvalue weighted by atomic mass is 35.5. The fraction of sp³-hybridized carbons (Fsp3) is 0.278. The molecule has 0 heterocycles. The minimum absolute atomic E-state index is 0.0351. The van der Waals surface area contributed by atoms with Crippen LogP contribution in [0.1, 0.15) is 18.5 Å². The van der Waals surface area contributed by atoms with E-state index in [1.54, 1.807) is 18.2 Å². The number of rotatable bonds is 7. The average Bonchev–Trinajstić information content (AvgIpc) is 2.60. The van der Waals surface area contributed by atoms with E-state index in [0.29, 0.717) is 10.7 Å². The van der Waals surface area contributed by atoms with Gasteiger partial charge < -0.3 is 10.6 Å². The van der Waals surface area contributed by atoms with E-state index in [1.165, 1.54) is 26.2 Å². The van der Waals surface area contributed by atoms with Gasteiger partial charge in [-0.05, 0) is 48.9 Å². The molecule has 0 aliphatic carbocycles. The SMILES string of the molecule is C[C@H](NCC(=O)Nc1ccc(S(=O)(=O)N(C)C)cc1)c1cccc(Cl)c1. The zero-order valence-electron chi connectivity index (χ0n) is 14.9. The molecule has 0 radical (unpaired) electrons. The summed E-state index contributed by atoms with van der Waals surface area (Å²) in [5.41, 5.74) is 1.52. The molecule has 0 aliphatic rings. The van der Waals surface area contributed by atoms with Crippen molar-refractivity contribution in [3.05, 3.63) is 59.1 Å². The van der Waals surface area contributed by atoms with Crippen LogP contribution in [0, 0.1) is 0 Å². The van der Waals surface area contributed by atoms with Crippen LogP contribution in [-0.2, 0) is 14.8 Å². The molecule has 2 N–H and O–H groups in total. The Morgan fingerprint density at radius 3 is 2.38 bits per heavy atom. The fourth-order valence-electron chi connectivity index (χ4n) is 2.27. The summed E-state index contributed by atoms with van der Waals surface area (Å²) in [6, 6.07) is 13.5. The van der Waals surface area contributed by atoms with Gasteiger partial charge in [0.2, 0.25) is 15.9 Å². The highest BCUT2D eigenvalue weighted by Gasteiger charge is 2.16. The molecule has 26 heavy (non-hydrogen) atoms. The van der Waals surface area contributed by atoms with Crippen molar-refractivity contribution in [2.24, 2.45) is 0 Å². The van der Waals surface area contributed by atoms with Gasteiger partial charge in [-0.15, -0.1) is 0 Å². The first-order valence-corrected chi connectivity index (χ1v) is 9.83. The summed E-state index contributed by atoms with van der Waals surface area (Å²) in [5, 5.41) is 6.50. The Balaban J connectivity index is 1.92. The summed E-state index contributed by atoms with van der Waals surface area (Å²) >= 11 is 5.97. The van der Waals surface area contributed by atoms with Gasteiger partial charge in [-0.2, -0.15) is 0 Å². The molecule has 2 aromatic carbocycles. The molecule has 2 rings (SSSR count). The molecule has 0 unspecified atom stereocenters. The van der Waals surface area contributed by atoms with Gasteiger partial charge in [-0.1, -0.05) is 23.7 Å². The number of carbonyl (C=O) groups is 1. The Labute approximate surface area is 159 Å². The van der Waals surface area contributed by atoms with Crippen molar-refractivity contribution >= 4 is 33.2 Å².